The van der Waals surface area contributed by atoms with Gasteiger partial charge in [0.05, 0.1) is 5.69 Å². The Morgan fingerprint density at radius 1 is 1.33 bits per heavy atom. The summed E-state index contributed by atoms with van der Waals surface area (Å²) in [4.78, 5) is 1.94. The molecule has 0 aliphatic carbocycles. The molecule has 0 bridgehead atoms. The number of ether oxygens (including phenoxy) is 1. The third-order valence-electron chi connectivity index (χ3n) is 2.81. The van der Waals surface area contributed by atoms with Gasteiger partial charge in [-0.1, -0.05) is 31.9 Å². The van der Waals surface area contributed by atoms with E-state index in [-0.39, 0.29) is 0 Å². The van der Waals surface area contributed by atoms with E-state index < -0.39 is 0 Å². The maximum Gasteiger partial charge on any atom is 0.177 e. The van der Waals surface area contributed by atoms with Crippen LogP contribution >= 0.6 is 12.2 Å². The monoisotopic (exact) mass is 262 g/mol. The summed E-state index contributed by atoms with van der Waals surface area (Å²) in [7, 11) is 0. The molecule has 0 aromatic heterocycles. The quantitative estimate of drug-likeness (QED) is 0.664. The lowest BCUT2D eigenvalue weighted by atomic mass is 10.2. The van der Waals surface area contributed by atoms with Crippen LogP contribution in [0.15, 0.2) is 36.7 Å². The zero-order chi connectivity index (χ0) is 12.8. The third kappa shape index (κ3) is 3.01. The van der Waals surface area contributed by atoms with Gasteiger partial charge >= 0.3 is 0 Å². The summed E-state index contributed by atoms with van der Waals surface area (Å²) in [5.41, 5.74) is 0.980. The molecule has 3 nitrogen and oxygen atoms in total. The molecule has 2 rings (SSSR count). The second-order valence-electron chi connectivity index (χ2n) is 4.18. The lowest BCUT2D eigenvalue weighted by molar-refractivity contribution is 0.473. The number of rotatable bonds is 4. The number of para-hydroxylation sites is 2. The minimum absolute atomic E-state index is 0.720. The minimum atomic E-state index is 0.720. The smallest absolute Gasteiger partial charge is 0.177 e. The molecule has 18 heavy (non-hydrogen) atoms. The van der Waals surface area contributed by atoms with Gasteiger partial charge in [0.2, 0.25) is 0 Å². The molecule has 1 aliphatic heterocycles. The zero-order valence-electron chi connectivity index (χ0n) is 10.6. The molecule has 4 heteroatoms. The second-order valence-corrected chi connectivity index (χ2v) is 4.57. The largest absolute Gasteiger partial charge is 0.461 e. The molecule has 0 spiro atoms. The van der Waals surface area contributed by atoms with Crippen LogP contribution in [0.25, 0.3) is 0 Å². The van der Waals surface area contributed by atoms with Gasteiger partial charge in [-0.05, 0) is 30.8 Å². The van der Waals surface area contributed by atoms with Crippen molar-refractivity contribution in [2.75, 3.05) is 11.4 Å². The molecule has 0 saturated carbocycles. The molecular formula is C14H18N2OS. The van der Waals surface area contributed by atoms with Crippen molar-refractivity contribution >= 4 is 23.0 Å². The van der Waals surface area contributed by atoms with Gasteiger partial charge in [-0.3, -0.25) is 4.90 Å². The Hall–Kier alpha value is -1.55. The second kappa shape index (κ2) is 6.40. The van der Waals surface area contributed by atoms with E-state index in [0.29, 0.717) is 0 Å². The summed E-state index contributed by atoms with van der Waals surface area (Å²) in [6.45, 7) is 3.11. The highest BCUT2D eigenvalue weighted by atomic mass is 32.1. The number of anilines is 1. The maximum atomic E-state index is 5.44. The normalized spacial score (nSPS) is 12.8. The Bertz CT molecular complexity index is 445. The molecule has 0 saturated heterocycles. The van der Waals surface area contributed by atoms with Crippen LogP contribution in [0.1, 0.15) is 26.2 Å². The molecule has 1 aliphatic rings. The standard InChI is InChI=1S/C14H18N2OS/c1-2-3-6-9-15-14(18)16-10-11-17-13-8-5-4-7-12(13)16/h4-5,7-8,10-11H,2-3,6,9H2,1H3,(H,15,18). The molecule has 0 atom stereocenters. The fourth-order valence-corrected chi connectivity index (χ4v) is 2.09. The lowest BCUT2D eigenvalue weighted by Gasteiger charge is -2.26. The van der Waals surface area contributed by atoms with Crippen molar-refractivity contribution in [2.24, 2.45) is 0 Å². The number of unbranched alkanes of at least 4 members (excludes halogenated alkanes) is 2. The van der Waals surface area contributed by atoms with Crippen LogP contribution in [0.4, 0.5) is 5.69 Å². The highest BCUT2D eigenvalue weighted by Crippen LogP contribution is 2.31. The number of nitrogens with zero attached hydrogens (tertiary/aromatic N) is 1. The first-order valence-corrected chi connectivity index (χ1v) is 6.73. The van der Waals surface area contributed by atoms with E-state index in [1.807, 2.05) is 35.4 Å². The molecule has 0 fully saturated rings. The van der Waals surface area contributed by atoms with Crippen LogP contribution in [0, 0.1) is 0 Å². The van der Waals surface area contributed by atoms with Gasteiger partial charge in [0.25, 0.3) is 0 Å². The first-order valence-electron chi connectivity index (χ1n) is 6.32. The molecule has 1 aromatic rings. The molecular weight excluding hydrogens is 244 g/mol. The van der Waals surface area contributed by atoms with Gasteiger partial charge in [-0.25, -0.2) is 0 Å². The fraction of sp³-hybridized carbons (Fsp3) is 0.357. The van der Waals surface area contributed by atoms with E-state index >= 15 is 0 Å². The van der Waals surface area contributed by atoms with Crippen LogP contribution in [-0.4, -0.2) is 11.7 Å². The minimum Gasteiger partial charge on any atom is -0.461 e. The summed E-state index contributed by atoms with van der Waals surface area (Å²) < 4.78 is 5.44. The number of thiocarbonyl (C=S) groups is 1. The first-order chi connectivity index (χ1) is 8.83. The van der Waals surface area contributed by atoms with Crippen molar-refractivity contribution in [2.45, 2.75) is 26.2 Å². The Morgan fingerprint density at radius 3 is 3.00 bits per heavy atom. The van der Waals surface area contributed by atoms with Crippen LogP contribution in [0.2, 0.25) is 0 Å². The topological polar surface area (TPSA) is 24.5 Å². The molecule has 0 amide bonds. The van der Waals surface area contributed by atoms with Crippen LogP contribution in [-0.2, 0) is 0 Å². The molecule has 1 aromatic carbocycles. The van der Waals surface area contributed by atoms with E-state index in [0.717, 1.165) is 29.5 Å². The number of nitrogens with one attached hydrogen (secondary N) is 1. The van der Waals surface area contributed by atoms with E-state index in [1.165, 1.54) is 12.8 Å². The van der Waals surface area contributed by atoms with Gasteiger partial charge in [-0.2, -0.15) is 0 Å². The average Bonchev–Trinajstić information content (AvgIpc) is 2.43. The van der Waals surface area contributed by atoms with Crippen LogP contribution in [0.5, 0.6) is 5.75 Å². The number of hydrogen-bond acceptors (Lipinski definition) is 2. The van der Waals surface area contributed by atoms with Crippen molar-refractivity contribution in [3.05, 3.63) is 36.7 Å². The van der Waals surface area contributed by atoms with E-state index in [2.05, 4.69) is 12.2 Å². The highest BCUT2D eigenvalue weighted by Gasteiger charge is 2.16. The molecule has 1 N–H and O–H groups in total. The Kier molecular flexibility index (Phi) is 4.59. The predicted molar refractivity (Wildman–Crippen MR) is 78.8 cm³/mol. The van der Waals surface area contributed by atoms with Crippen molar-refractivity contribution in [3.63, 3.8) is 0 Å². The van der Waals surface area contributed by atoms with Gasteiger partial charge in [0.1, 0.15) is 6.26 Å². The van der Waals surface area contributed by atoms with E-state index in [9.17, 15) is 0 Å². The Balaban J connectivity index is 1.98. The lowest BCUT2D eigenvalue weighted by Crippen LogP contribution is -2.37. The predicted octanol–water partition coefficient (Wildman–Crippen LogP) is 3.42. The maximum absolute atomic E-state index is 5.44. The molecule has 96 valence electrons. The fourth-order valence-electron chi connectivity index (χ4n) is 1.83. The summed E-state index contributed by atoms with van der Waals surface area (Å²) in [5.74, 6) is 0.831. The highest BCUT2D eigenvalue weighted by molar-refractivity contribution is 7.80. The summed E-state index contributed by atoms with van der Waals surface area (Å²) in [5, 5.41) is 4.00. The van der Waals surface area contributed by atoms with Crippen molar-refractivity contribution < 1.29 is 4.74 Å². The van der Waals surface area contributed by atoms with Crippen LogP contribution in [0.3, 0.4) is 0 Å². The van der Waals surface area contributed by atoms with Crippen molar-refractivity contribution in [1.29, 1.82) is 0 Å². The summed E-state index contributed by atoms with van der Waals surface area (Å²) in [6, 6.07) is 7.87. The Labute approximate surface area is 113 Å². The zero-order valence-corrected chi connectivity index (χ0v) is 11.4. The molecule has 0 unspecified atom stereocenters. The summed E-state index contributed by atoms with van der Waals surface area (Å²) >= 11 is 5.41. The van der Waals surface area contributed by atoms with E-state index in [4.69, 9.17) is 17.0 Å². The van der Waals surface area contributed by atoms with Gasteiger partial charge < -0.3 is 10.1 Å². The van der Waals surface area contributed by atoms with Gasteiger partial charge in [0.15, 0.2) is 10.9 Å². The molecule has 1 heterocycles. The number of benzene rings is 1. The van der Waals surface area contributed by atoms with Gasteiger partial charge in [-0.15, -0.1) is 0 Å². The summed E-state index contributed by atoms with van der Waals surface area (Å²) in [6.07, 6.45) is 7.09. The number of fused-ring (bicyclic) bond motifs is 1. The van der Waals surface area contributed by atoms with Crippen LogP contribution < -0.4 is 15.0 Å². The first kappa shape index (κ1) is 12.9. The van der Waals surface area contributed by atoms with Gasteiger partial charge in [0, 0.05) is 12.7 Å². The Morgan fingerprint density at radius 2 is 2.17 bits per heavy atom. The number of hydrogen-bond donors (Lipinski definition) is 1. The molecule has 0 radical (unpaired) electrons. The SMILES string of the molecule is CCCCCNC(=S)N1C=COc2ccccc21. The van der Waals surface area contributed by atoms with Crippen molar-refractivity contribution in [1.82, 2.24) is 5.32 Å². The third-order valence-corrected chi connectivity index (χ3v) is 3.15. The van der Waals surface area contributed by atoms with E-state index in [1.54, 1.807) is 6.26 Å². The average molecular weight is 262 g/mol. The van der Waals surface area contributed by atoms with Crippen molar-refractivity contribution in [3.8, 4) is 5.75 Å².